The molecular weight excluding hydrogens is 204 g/mol. The van der Waals surface area contributed by atoms with Crippen molar-refractivity contribution in [2.45, 2.75) is 39.2 Å². The van der Waals surface area contributed by atoms with Gasteiger partial charge in [-0.05, 0) is 33.2 Å². The Bertz CT molecular complexity index is 203. The summed E-state index contributed by atoms with van der Waals surface area (Å²) in [6.45, 7) is 7.95. The Morgan fingerprint density at radius 2 is 2.31 bits per heavy atom. The maximum absolute atomic E-state index is 11.9. The first kappa shape index (κ1) is 13.5. The molecule has 0 saturated carbocycles. The average molecular weight is 228 g/mol. The highest BCUT2D eigenvalue weighted by Gasteiger charge is 2.19. The number of hydrogen-bond acceptors (Lipinski definition) is 3. The van der Waals surface area contributed by atoms with Crippen molar-refractivity contribution in [1.29, 1.82) is 0 Å². The summed E-state index contributed by atoms with van der Waals surface area (Å²) >= 11 is 0. The molecule has 16 heavy (non-hydrogen) atoms. The van der Waals surface area contributed by atoms with Crippen LogP contribution in [0.3, 0.4) is 0 Å². The Balaban J connectivity index is 2.25. The highest BCUT2D eigenvalue weighted by Crippen LogP contribution is 2.07. The van der Waals surface area contributed by atoms with Crippen LogP contribution in [0.15, 0.2) is 0 Å². The van der Waals surface area contributed by atoms with E-state index >= 15 is 0 Å². The number of ether oxygens (including phenoxy) is 1. The molecule has 4 heteroatoms. The third-order valence-electron chi connectivity index (χ3n) is 3.00. The van der Waals surface area contributed by atoms with Gasteiger partial charge in [0.1, 0.15) is 0 Å². The van der Waals surface area contributed by atoms with Crippen molar-refractivity contribution < 1.29 is 9.53 Å². The molecular formula is C12H24N2O2. The van der Waals surface area contributed by atoms with E-state index in [0.29, 0.717) is 25.7 Å². The van der Waals surface area contributed by atoms with Gasteiger partial charge >= 0.3 is 0 Å². The predicted octanol–water partition coefficient (Wildman–Crippen LogP) is 1.01. The quantitative estimate of drug-likeness (QED) is 0.661. The SMILES string of the molecule is CCOCCC(=O)N(CC)CC1CCCN1. The molecule has 94 valence electrons. The van der Waals surface area contributed by atoms with Gasteiger partial charge in [0.2, 0.25) is 5.91 Å². The van der Waals surface area contributed by atoms with Crippen LogP contribution in [0.2, 0.25) is 0 Å². The van der Waals surface area contributed by atoms with Crippen LogP contribution in [0.4, 0.5) is 0 Å². The number of hydrogen-bond donors (Lipinski definition) is 1. The van der Waals surface area contributed by atoms with Crippen molar-refractivity contribution in [3.8, 4) is 0 Å². The monoisotopic (exact) mass is 228 g/mol. The third-order valence-corrected chi connectivity index (χ3v) is 3.00. The molecule has 0 aromatic carbocycles. The van der Waals surface area contributed by atoms with Gasteiger partial charge in [-0.3, -0.25) is 4.79 Å². The molecule has 0 radical (unpaired) electrons. The summed E-state index contributed by atoms with van der Waals surface area (Å²) in [5.41, 5.74) is 0. The first-order chi connectivity index (χ1) is 7.77. The number of carbonyl (C=O) groups is 1. The summed E-state index contributed by atoms with van der Waals surface area (Å²) in [7, 11) is 0. The fourth-order valence-electron chi connectivity index (χ4n) is 2.05. The minimum atomic E-state index is 0.213. The molecule has 0 aliphatic carbocycles. The van der Waals surface area contributed by atoms with Crippen LogP contribution >= 0.6 is 0 Å². The van der Waals surface area contributed by atoms with Gasteiger partial charge in [0, 0.05) is 25.7 Å². The van der Waals surface area contributed by atoms with E-state index < -0.39 is 0 Å². The molecule has 1 rings (SSSR count). The standard InChI is InChI=1S/C12H24N2O2/c1-3-14(10-11-6-5-8-13-11)12(15)7-9-16-4-2/h11,13H,3-10H2,1-2H3. The molecule has 1 aliphatic heterocycles. The summed E-state index contributed by atoms with van der Waals surface area (Å²) in [5.74, 6) is 0.213. The highest BCUT2D eigenvalue weighted by atomic mass is 16.5. The van der Waals surface area contributed by atoms with Gasteiger partial charge in [-0.25, -0.2) is 0 Å². The number of nitrogens with zero attached hydrogens (tertiary/aromatic N) is 1. The number of rotatable bonds is 7. The number of carbonyl (C=O) groups excluding carboxylic acids is 1. The Morgan fingerprint density at radius 3 is 2.88 bits per heavy atom. The van der Waals surface area contributed by atoms with E-state index in [1.54, 1.807) is 0 Å². The second-order valence-electron chi connectivity index (χ2n) is 4.17. The van der Waals surface area contributed by atoms with Crippen LogP contribution in [-0.4, -0.2) is 49.7 Å². The smallest absolute Gasteiger partial charge is 0.224 e. The molecule has 0 spiro atoms. The van der Waals surface area contributed by atoms with Gasteiger partial charge in [-0.2, -0.15) is 0 Å². The van der Waals surface area contributed by atoms with Crippen LogP contribution in [-0.2, 0) is 9.53 Å². The molecule has 1 unspecified atom stereocenters. The molecule has 0 aromatic heterocycles. The van der Waals surface area contributed by atoms with Crippen LogP contribution < -0.4 is 5.32 Å². The minimum Gasteiger partial charge on any atom is -0.381 e. The maximum atomic E-state index is 11.9. The second kappa shape index (κ2) is 7.63. The molecule has 1 fully saturated rings. The summed E-state index contributed by atoms with van der Waals surface area (Å²) in [6, 6.07) is 0.496. The second-order valence-corrected chi connectivity index (χ2v) is 4.17. The Morgan fingerprint density at radius 1 is 1.50 bits per heavy atom. The number of nitrogens with one attached hydrogen (secondary N) is 1. The Hall–Kier alpha value is -0.610. The van der Waals surface area contributed by atoms with Gasteiger partial charge in [0.25, 0.3) is 0 Å². The van der Waals surface area contributed by atoms with E-state index in [-0.39, 0.29) is 5.91 Å². The van der Waals surface area contributed by atoms with Crippen molar-refractivity contribution in [2.24, 2.45) is 0 Å². The third kappa shape index (κ3) is 4.49. The molecule has 1 aliphatic rings. The lowest BCUT2D eigenvalue weighted by Gasteiger charge is -2.24. The maximum Gasteiger partial charge on any atom is 0.224 e. The van der Waals surface area contributed by atoms with Crippen LogP contribution in [0.25, 0.3) is 0 Å². The summed E-state index contributed by atoms with van der Waals surface area (Å²) in [6.07, 6.45) is 2.93. The molecule has 1 N–H and O–H groups in total. The zero-order valence-corrected chi connectivity index (χ0v) is 10.5. The summed E-state index contributed by atoms with van der Waals surface area (Å²) < 4.78 is 5.21. The molecule has 1 amide bonds. The van der Waals surface area contributed by atoms with Gasteiger partial charge in [0.15, 0.2) is 0 Å². The van der Waals surface area contributed by atoms with E-state index in [1.165, 1.54) is 12.8 Å². The molecule has 1 heterocycles. The first-order valence-corrected chi connectivity index (χ1v) is 6.36. The fraction of sp³-hybridized carbons (Fsp3) is 0.917. The normalized spacial score (nSPS) is 20.0. The van der Waals surface area contributed by atoms with Crippen molar-refractivity contribution >= 4 is 5.91 Å². The van der Waals surface area contributed by atoms with Gasteiger partial charge < -0.3 is 15.0 Å². The van der Waals surface area contributed by atoms with E-state index in [9.17, 15) is 4.79 Å². The van der Waals surface area contributed by atoms with Gasteiger partial charge in [0.05, 0.1) is 13.0 Å². The van der Waals surface area contributed by atoms with E-state index in [2.05, 4.69) is 5.32 Å². The van der Waals surface area contributed by atoms with Crippen LogP contribution in [0.5, 0.6) is 0 Å². The molecule has 0 aromatic rings. The van der Waals surface area contributed by atoms with Crippen LogP contribution in [0.1, 0.15) is 33.1 Å². The summed E-state index contributed by atoms with van der Waals surface area (Å²) in [4.78, 5) is 13.8. The van der Waals surface area contributed by atoms with Crippen molar-refractivity contribution in [1.82, 2.24) is 10.2 Å². The molecule has 4 nitrogen and oxygen atoms in total. The Labute approximate surface area is 98.3 Å². The first-order valence-electron chi connectivity index (χ1n) is 6.36. The van der Waals surface area contributed by atoms with Crippen LogP contribution in [0, 0.1) is 0 Å². The van der Waals surface area contributed by atoms with Gasteiger partial charge in [-0.15, -0.1) is 0 Å². The molecule has 1 saturated heterocycles. The number of amides is 1. The topological polar surface area (TPSA) is 41.6 Å². The average Bonchev–Trinajstić information content (AvgIpc) is 2.78. The van der Waals surface area contributed by atoms with Crippen molar-refractivity contribution in [2.75, 3.05) is 32.8 Å². The van der Waals surface area contributed by atoms with Gasteiger partial charge in [-0.1, -0.05) is 0 Å². The summed E-state index contributed by atoms with van der Waals surface area (Å²) in [5, 5.41) is 3.42. The highest BCUT2D eigenvalue weighted by molar-refractivity contribution is 5.76. The number of likely N-dealkylation sites (N-methyl/N-ethyl adjacent to an activating group) is 1. The van der Waals surface area contributed by atoms with Crippen molar-refractivity contribution in [3.05, 3.63) is 0 Å². The zero-order valence-electron chi connectivity index (χ0n) is 10.5. The minimum absolute atomic E-state index is 0.213. The Kier molecular flexibility index (Phi) is 6.42. The van der Waals surface area contributed by atoms with E-state index in [0.717, 1.165) is 19.6 Å². The van der Waals surface area contributed by atoms with E-state index in [1.807, 2.05) is 18.7 Å². The lowest BCUT2D eigenvalue weighted by Crippen LogP contribution is -2.41. The zero-order chi connectivity index (χ0) is 11.8. The van der Waals surface area contributed by atoms with E-state index in [4.69, 9.17) is 4.74 Å². The largest absolute Gasteiger partial charge is 0.381 e. The molecule has 0 bridgehead atoms. The lowest BCUT2D eigenvalue weighted by atomic mass is 10.2. The van der Waals surface area contributed by atoms with Crippen molar-refractivity contribution in [3.63, 3.8) is 0 Å². The lowest BCUT2D eigenvalue weighted by molar-refractivity contribution is -0.132. The predicted molar refractivity (Wildman–Crippen MR) is 64.4 cm³/mol. The molecule has 1 atom stereocenters. The fourth-order valence-corrected chi connectivity index (χ4v) is 2.05.